The molecular formula is C9H7NO2S2. The highest BCUT2D eigenvalue weighted by Crippen LogP contribution is 2.32. The minimum absolute atomic E-state index is 0.286. The number of thioether (sulfide) groups is 1. The predicted octanol–water partition coefficient (Wildman–Crippen LogP) is 2.46. The fraction of sp³-hybridized carbons (Fsp3) is 0.111. The Kier molecular flexibility index (Phi) is 2.43. The second kappa shape index (κ2) is 3.59. The van der Waals surface area contributed by atoms with Crippen LogP contribution < -0.4 is 5.32 Å². The molecule has 0 bridgehead atoms. The number of hydrogen-bond acceptors (Lipinski definition) is 4. The molecule has 2 rings (SSSR count). The summed E-state index contributed by atoms with van der Waals surface area (Å²) >= 11 is 2.53. The molecule has 0 saturated carbocycles. The molecular weight excluding hydrogens is 218 g/mol. The summed E-state index contributed by atoms with van der Waals surface area (Å²) in [6.45, 7) is 1.85. The number of amides is 2. The van der Waals surface area contributed by atoms with Crippen LogP contribution in [0, 0.1) is 0 Å². The summed E-state index contributed by atoms with van der Waals surface area (Å²) in [5, 5.41) is 3.89. The van der Waals surface area contributed by atoms with Crippen LogP contribution in [-0.4, -0.2) is 11.1 Å². The van der Waals surface area contributed by atoms with E-state index in [1.54, 1.807) is 11.3 Å². The highest BCUT2D eigenvalue weighted by Gasteiger charge is 2.27. The molecule has 1 aromatic heterocycles. The van der Waals surface area contributed by atoms with Crippen molar-refractivity contribution in [2.24, 2.45) is 0 Å². The number of nitrogens with one attached hydrogen (secondary N) is 1. The van der Waals surface area contributed by atoms with Gasteiger partial charge in [-0.2, -0.15) is 0 Å². The lowest BCUT2D eigenvalue weighted by Gasteiger charge is -1.98. The largest absolute Gasteiger partial charge is 0.290 e. The molecule has 0 aliphatic carbocycles. The Bertz CT molecular complexity index is 420. The first-order valence-corrected chi connectivity index (χ1v) is 5.66. The van der Waals surface area contributed by atoms with Crippen molar-refractivity contribution < 1.29 is 9.59 Å². The molecule has 0 spiro atoms. The van der Waals surface area contributed by atoms with Crippen LogP contribution in [0.5, 0.6) is 0 Å². The Balaban J connectivity index is 2.41. The third-order valence-corrected chi connectivity index (χ3v) is 3.82. The van der Waals surface area contributed by atoms with E-state index in [1.807, 2.05) is 24.4 Å². The highest BCUT2D eigenvalue weighted by molar-refractivity contribution is 8.18. The first-order chi connectivity index (χ1) is 6.68. The van der Waals surface area contributed by atoms with Gasteiger partial charge in [-0.3, -0.25) is 14.9 Å². The molecule has 0 atom stereocenters. The van der Waals surface area contributed by atoms with E-state index in [1.165, 1.54) is 0 Å². The summed E-state index contributed by atoms with van der Waals surface area (Å²) < 4.78 is 0. The number of hydrogen-bond donors (Lipinski definition) is 1. The average Bonchev–Trinajstić information content (AvgIpc) is 2.73. The van der Waals surface area contributed by atoms with E-state index in [2.05, 4.69) is 5.32 Å². The van der Waals surface area contributed by atoms with Gasteiger partial charge >= 0.3 is 0 Å². The lowest BCUT2D eigenvalue weighted by molar-refractivity contribution is -0.115. The lowest BCUT2D eigenvalue weighted by atomic mass is 10.2. The molecule has 2 amide bonds. The van der Waals surface area contributed by atoms with Crippen LogP contribution in [0.15, 0.2) is 22.4 Å². The SMILES string of the molecule is C/C(=C1/SC(=O)NC1=O)c1cccs1. The summed E-state index contributed by atoms with van der Waals surface area (Å²) in [7, 11) is 0. The maximum atomic E-state index is 11.3. The van der Waals surface area contributed by atoms with Crippen LogP contribution in [0.2, 0.25) is 0 Å². The second-order valence-corrected chi connectivity index (χ2v) is 4.71. The van der Waals surface area contributed by atoms with E-state index in [4.69, 9.17) is 0 Å². The zero-order valence-corrected chi connectivity index (χ0v) is 9.00. The molecule has 2 heterocycles. The summed E-state index contributed by atoms with van der Waals surface area (Å²) in [5.41, 5.74) is 0.869. The Hall–Kier alpha value is -1.07. The van der Waals surface area contributed by atoms with Crippen molar-refractivity contribution in [1.82, 2.24) is 5.32 Å². The minimum Gasteiger partial charge on any atom is -0.282 e. The fourth-order valence-electron chi connectivity index (χ4n) is 1.16. The number of carbonyl (C=O) groups is 2. The van der Waals surface area contributed by atoms with Gasteiger partial charge < -0.3 is 0 Å². The summed E-state index contributed by atoms with van der Waals surface area (Å²) in [4.78, 5) is 23.8. The smallest absolute Gasteiger partial charge is 0.282 e. The zero-order valence-electron chi connectivity index (χ0n) is 7.37. The van der Waals surface area contributed by atoms with Crippen molar-refractivity contribution in [3.05, 3.63) is 27.3 Å². The quantitative estimate of drug-likeness (QED) is 0.747. The van der Waals surface area contributed by atoms with Crippen molar-refractivity contribution >= 4 is 39.8 Å². The van der Waals surface area contributed by atoms with Gasteiger partial charge in [0.25, 0.3) is 11.1 Å². The van der Waals surface area contributed by atoms with Crippen molar-refractivity contribution in [1.29, 1.82) is 0 Å². The topological polar surface area (TPSA) is 46.2 Å². The maximum absolute atomic E-state index is 11.3. The van der Waals surface area contributed by atoms with E-state index < -0.39 is 0 Å². The van der Waals surface area contributed by atoms with Gasteiger partial charge in [0, 0.05) is 4.88 Å². The van der Waals surface area contributed by atoms with Crippen molar-refractivity contribution in [2.45, 2.75) is 6.92 Å². The monoisotopic (exact) mass is 225 g/mol. The van der Waals surface area contributed by atoms with Crippen LogP contribution in [0.25, 0.3) is 5.57 Å². The number of carbonyl (C=O) groups excluding carboxylic acids is 2. The van der Waals surface area contributed by atoms with Gasteiger partial charge in [-0.1, -0.05) is 6.07 Å². The van der Waals surface area contributed by atoms with Crippen LogP contribution >= 0.6 is 23.1 Å². The van der Waals surface area contributed by atoms with Crippen molar-refractivity contribution in [3.63, 3.8) is 0 Å². The van der Waals surface area contributed by atoms with Gasteiger partial charge in [-0.25, -0.2) is 0 Å². The Labute approximate surface area is 89.2 Å². The van der Waals surface area contributed by atoms with E-state index in [0.29, 0.717) is 4.91 Å². The van der Waals surface area contributed by atoms with E-state index in [-0.39, 0.29) is 11.1 Å². The molecule has 72 valence electrons. The van der Waals surface area contributed by atoms with E-state index >= 15 is 0 Å². The normalized spacial score (nSPS) is 19.8. The van der Waals surface area contributed by atoms with Gasteiger partial charge in [0.1, 0.15) is 0 Å². The second-order valence-electron chi connectivity index (χ2n) is 2.78. The Morgan fingerprint density at radius 3 is 2.71 bits per heavy atom. The van der Waals surface area contributed by atoms with Gasteiger partial charge in [-0.15, -0.1) is 11.3 Å². The fourth-order valence-corrected chi connectivity index (χ4v) is 2.70. The molecule has 1 saturated heterocycles. The van der Waals surface area contributed by atoms with Crippen molar-refractivity contribution in [2.75, 3.05) is 0 Å². The van der Waals surface area contributed by atoms with Crippen LogP contribution in [0.4, 0.5) is 4.79 Å². The molecule has 1 aliphatic heterocycles. The summed E-state index contributed by atoms with van der Waals surface area (Å²) in [6.07, 6.45) is 0. The van der Waals surface area contributed by atoms with Gasteiger partial charge in [0.2, 0.25) is 0 Å². The molecule has 1 N–H and O–H groups in total. The standard InChI is InChI=1S/C9H7NO2S2/c1-5(6-3-2-4-13-6)7-8(11)10-9(12)14-7/h2-4H,1H3,(H,10,11,12)/b7-5-. The number of imide groups is 1. The third kappa shape index (κ3) is 1.60. The Morgan fingerprint density at radius 2 is 2.21 bits per heavy atom. The molecule has 14 heavy (non-hydrogen) atoms. The van der Waals surface area contributed by atoms with E-state index in [9.17, 15) is 9.59 Å². The average molecular weight is 225 g/mol. The van der Waals surface area contributed by atoms with Crippen LogP contribution in [-0.2, 0) is 4.79 Å². The zero-order chi connectivity index (χ0) is 10.1. The van der Waals surface area contributed by atoms with Crippen molar-refractivity contribution in [3.8, 4) is 0 Å². The first kappa shape index (κ1) is 9.48. The molecule has 1 aliphatic rings. The third-order valence-electron chi connectivity index (χ3n) is 1.85. The van der Waals surface area contributed by atoms with E-state index in [0.717, 1.165) is 22.2 Å². The highest BCUT2D eigenvalue weighted by atomic mass is 32.2. The molecule has 5 heteroatoms. The molecule has 1 fully saturated rings. The Morgan fingerprint density at radius 1 is 1.43 bits per heavy atom. The summed E-state index contributed by atoms with van der Waals surface area (Å²) in [6, 6.07) is 3.85. The molecule has 0 aromatic carbocycles. The first-order valence-electron chi connectivity index (χ1n) is 3.96. The number of rotatable bonds is 1. The van der Waals surface area contributed by atoms with Gasteiger partial charge in [-0.05, 0) is 35.7 Å². The van der Waals surface area contributed by atoms with Crippen LogP contribution in [0.1, 0.15) is 11.8 Å². The minimum atomic E-state index is -0.291. The lowest BCUT2D eigenvalue weighted by Crippen LogP contribution is -2.18. The van der Waals surface area contributed by atoms with Gasteiger partial charge in [0.05, 0.1) is 4.91 Å². The maximum Gasteiger partial charge on any atom is 0.290 e. The molecule has 1 aromatic rings. The molecule has 3 nitrogen and oxygen atoms in total. The number of allylic oxidation sites excluding steroid dienone is 1. The predicted molar refractivity (Wildman–Crippen MR) is 58.0 cm³/mol. The number of thiophene rings is 1. The van der Waals surface area contributed by atoms with Crippen LogP contribution in [0.3, 0.4) is 0 Å². The molecule has 0 radical (unpaired) electrons. The van der Waals surface area contributed by atoms with Gasteiger partial charge in [0.15, 0.2) is 0 Å². The summed E-state index contributed by atoms with van der Waals surface area (Å²) in [5.74, 6) is -0.286. The molecule has 0 unspecified atom stereocenters.